The quantitative estimate of drug-likeness (QED) is 0.718. The maximum absolute atomic E-state index is 12.6. The number of nitrogens with one attached hydrogen (secondary N) is 2. The molecule has 0 radical (unpaired) electrons. The molecule has 0 heterocycles. The van der Waals surface area contributed by atoms with Crippen molar-refractivity contribution in [1.29, 1.82) is 0 Å². The van der Waals surface area contributed by atoms with E-state index < -0.39 is 24.5 Å². The maximum Gasteiger partial charge on any atom is 0.387 e. The molecule has 2 aromatic carbocycles. The largest absolute Gasteiger partial charge is 0.496 e. The summed E-state index contributed by atoms with van der Waals surface area (Å²) in [6, 6.07) is 11.4. The molecular formula is C20H22F2N2O4. The number of hydrogen-bond donors (Lipinski definition) is 2. The summed E-state index contributed by atoms with van der Waals surface area (Å²) in [5.74, 6) is -0.678. The Balaban J connectivity index is 2.08. The zero-order chi connectivity index (χ0) is 20.7. The third-order valence-electron chi connectivity index (χ3n) is 3.93. The first-order valence-electron chi connectivity index (χ1n) is 8.61. The topological polar surface area (TPSA) is 76.7 Å². The first-order chi connectivity index (χ1) is 13.3. The van der Waals surface area contributed by atoms with Gasteiger partial charge in [-0.1, -0.05) is 26.0 Å². The molecule has 0 fully saturated rings. The van der Waals surface area contributed by atoms with Gasteiger partial charge in [0.1, 0.15) is 17.5 Å². The van der Waals surface area contributed by atoms with E-state index in [0.717, 1.165) is 0 Å². The van der Waals surface area contributed by atoms with E-state index in [1.165, 1.54) is 31.4 Å². The predicted molar refractivity (Wildman–Crippen MR) is 101 cm³/mol. The van der Waals surface area contributed by atoms with Crippen LogP contribution < -0.4 is 20.1 Å². The summed E-state index contributed by atoms with van der Waals surface area (Å²) < 4.78 is 33.8. The van der Waals surface area contributed by atoms with Crippen LogP contribution in [0.5, 0.6) is 11.5 Å². The van der Waals surface area contributed by atoms with E-state index >= 15 is 0 Å². The van der Waals surface area contributed by atoms with Gasteiger partial charge < -0.3 is 20.1 Å². The Morgan fingerprint density at radius 1 is 1.00 bits per heavy atom. The van der Waals surface area contributed by atoms with Crippen LogP contribution in [0.2, 0.25) is 0 Å². The van der Waals surface area contributed by atoms with Gasteiger partial charge in [0.2, 0.25) is 5.91 Å². The Labute approximate surface area is 161 Å². The van der Waals surface area contributed by atoms with Crippen molar-refractivity contribution in [3.05, 3.63) is 54.1 Å². The molecule has 2 amide bonds. The Morgan fingerprint density at radius 3 is 2.21 bits per heavy atom. The molecule has 28 heavy (non-hydrogen) atoms. The van der Waals surface area contributed by atoms with Crippen LogP contribution >= 0.6 is 0 Å². The monoisotopic (exact) mass is 392 g/mol. The minimum absolute atomic E-state index is 0.0158. The SMILES string of the molecule is COc1ccccc1C(=O)N[C@H](C(=O)Nc1ccc(OC(F)F)cc1)C(C)C. The Hall–Kier alpha value is -3.16. The normalized spacial score (nSPS) is 11.8. The molecule has 2 N–H and O–H groups in total. The molecule has 2 aromatic rings. The van der Waals surface area contributed by atoms with Gasteiger partial charge in [-0.15, -0.1) is 0 Å². The van der Waals surface area contributed by atoms with Crippen LogP contribution in [-0.2, 0) is 4.79 Å². The highest BCUT2D eigenvalue weighted by molar-refractivity contribution is 6.02. The average molecular weight is 392 g/mol. The van der Waals surface area contributed by atoms with E-state index in [4.69, 9.17) is 4.74 Å². The second-order valence-electron chi connectivity index (χ2n) is 6.29. The highest BCUT2D eigenvalue weighted by atomic mass is 19.3. The molecule has 2 rings (SSSR count). The van der Waals surface area contributed by atoms with E-state index in [-0.39, 0.29) is 11.7 Å². The lowest BCUT2D eigenvalue weighted by molar-refractivity contribution is -0.118. The Morgan fingerprint density at radius 2 is 1.64 bits per heavy atom. The van der Waals surface area contributed by atoms with Gasteiger partial charge >= 0.3 is 6.61 Å². The highest BCUT2D eigenvalue weighted by Crippen LogP contribution is 2.20. The van der Waals surface area contributed by atoms with Crippen molar-refractivity contribution in [3.63, 3.8) is 0 Å². The molecule has 0 aromatic heterocycles. The van der Waals surface area contributed by atoms with Crippen molar-refractivity contribution in [1.82, 2.24) is 5.32 Å². The average Bonchev–Trinajstić information content (AvgIpc) is 2.66. The summed E-state index contributed by atoms with van der Waals surface area (Å²) >= 11 is 0. The number of halogens is 2. The number of alkyl halides is 2. The van der Waals surface area contributed by atoms with E-state index in [9.17, 15) is 18.4 Å². The molecule has 6 nitrogen and oxygen atoms in total. The van der Waals surface area contributed by atoms with E-state index in [2.05, 4.69) is 15.4 Å². The van der Waals surface area contributed by atoms with Gasteiger partial charge in [0.05, 0.1) is 12.7 Å². The van der Waals surface area contributed by atoms with Crippen LogP contribution in [0, 0.1) is 5.92 Å². The molecule has 0 aliphatic carbocycles. The molecule has 150 valence electrons. The van der Waals surface area contributed by atoms with Crippen LogP contribution in [0.15, 0.2) is 48.5 Å². The van der Waals surface area contributed by atoms with Crippen LogP contribution in [0.1, 0.15) is 24.2 Å². The second-order valence-corrected chi connectivity index (χ2v) is 6.29. The summed E-state index contributed by atoms with van der Waals surface area (Å²) in [7, 11) is 1.46. The van der Waals surface area contributed by atoms with Gasteiger partial charge in [0.15, 0.2) is 0 Å². The van der Waals surface area contributed by atoms with E-state index in [1.807, 2.05) is 0 Å². The van der Waals surface area contributed by atoms with Crippen molar-refractivity contribution < 1.29 is 27.8 Å². The number of carbonyl (C=O) groups is 2. The van der Waals surface area contributed by atoms with Crippen molar-refractivity contribution in [2.45, 2.75) is 26.5 Å². The molecular weight excluding hydrogens is 370 g/mol. The molecule has 1 atom stereocenters. The highest BCUT2D eigenvalue weighted by Gasteiger charge is 2.26. The van der Waals surface area contributed by atoms with Gasteiger partial charge in [-0.2, -0.15) is 8.78 Å². The summed E-state index contributed by atoms with van der Waals surface area (Å²) in [4.78, 5) is 25.2. The predicted octanol–water partition coefficient (Wildman–Crippen LogP) is 3.69. The maximum atomic E-state index is 12.6. The summed E-state index contributed by atoms with van der Waals surface area (Å²) in [5, 5.41) is 5.37. The molecule has 0 bridgehead atoms. The number of anilines is 1. The zero-order valence-corrected chi connectivity index (χ0v) is 15.7. The van der Waals surface area contributed by atoms with Crippen LogP contribution in [0.3, 0.4) is 0 Å². The smallest absolute Gasteiger partial charge is 0.387 e. The van der Waals surface area contributed by atoms with Gasteiger partial charge in [-0.05, 0) is 42.3 Å². The lowest BCUT2D eigenvalue weighted by Crippen LogP contribution is -2.47. The number of amides is 2. The summed E-state index contributed by atoms with van der Waals surface area (Å²) in [5.41, 5.74) is 0.709. The van der Waals surface area contributed by atoms with Crippen molar-refractivity contribution in [2.24, 2.45) is 5.92 Å². The molecule has 0 spiro atoms. The Kier molecular flexibility index (Phi) is 7.31. The third-order valence-corrected chi connectivity index (χ3v) is 3.93. The number of benzene rings is 2. The molecule has 0 aliphatic rings. The van der Waals surface area contributed by atoms with Crippen LogP contribution in [0.25, 0.3) is 0 Å². The van der Waals surface area contributed by atoms with E-state index in [0.29, 0.717) is 17.0 Å². The number of ether oxygens (including phenoxy) is 2. The fourth-order valence-electron chi connectivity index (χ4n) is 2.53. The van der Waals surface area contributed by atoms with Gasteiger partial charge in [0.25, 0.3) is 5.91 Å². The molecule has 0 aliphatic heterocycles. The van der Waals surface area contributed by atoms with Gasteiger partial charge in [-0.3, -0.25) is 9.59 Å². The fraction of sp³-hybridized carbons (Fsp3) is 0.300. The van der Waals surface area contributed by atoms with Crippen molar-refractivity contribution >= 4 is 17.5 Å². The third kappa shape index (κ3) is 5.67. The first kappa shape index (κ1) is 21.1. The first-order valence-corrected chi connectivity index (χ1v) is 8.61. The van der Waals surface area contributed by atoms with E-state index in [1.54, 1.807) is 38.1 Å². The Bertz CT molecular complexity index is 810. The van der Waals surface area contributed by atoms with Gasteiger partial charge in [0, 0.05) is 5.69 Å². The number of hydrogen-bond acceptors (Lipinski definition) is 4. The second kappa shape index (κ2) is 9.68. The fourth-order valence-corrected chi connectivity index (χ4v) is 2.53. The molecule has 0 saturated carbocycles. The van der Waals surface area contributed by atoms with Crippen molar-refractivity contribution in [3.8, 4) is 11.5 Å². The van der Waals surface area contributed by atoms with Crippen LogP contribution in [-0.4, -0.2) is 31.6 Å². The number of rotatable bonds is 8. The summed E-state index contributed by atoms with van der Waals surface area (Å²) in [6.07, 6.45) is 0. The minimum atomic E-state index is -2.92. The number of methoxy groups -OCH3 is 1. The van der Waals surface area contributed by atoms with Crippen LogP contribution in [0.4, 0.5) is 14.5 Å². The zero-order valence-electron chi connectivity index (χ0n) is 15.7. The van der Waals surface area contributed by atoms with Gasteiger partial charge in [-0.25, -0.2) is 0 Å². The van der Waals surface area contributed by atoms with Crippen molar-refractivity contribution in [2.75, 3.05) is 12.4 Å². The lowest BCUT2D eigenvalue weighted by Gasteiger charge is -2.22. The molecule has 0 saturated heterocycles. The lowest BCUT2D eigenvalue weighted by atomic mass is 10.0. The minimum Gasteiger partial charge on any atom is -0.496 e. The summed E-state index contributed by atoms with van der Waals surface area (Å²) in [6.45, 7) is 0.675. The molecule has 0 unspecified atom stereocenters. The number of carbonyl (C=O) groups excluding carboxylic acids is 2. The number of para-hydroxylation sites is 1. The molecule has 8 heteroatoms. The standard InChI is InChI=1S/C20H22F2N2O4/c1-12(2)17(24-18(25)15-6-4-5-7-16(15)27-3)19(26)23-13-8-10-14(11-9-13)28-20(21)22/h4-12,17,20H,1-3H3,(H,23,26)(H,24,25)/t17-/m0/s1.